The summed E-state index contributed by atoms with van der Waals surface area (Å²) in [6.45, 7) is 2.05. The number of benzene rings is 2. The number of rotatable bonds is 2. The van der Waals surface area contributed by atoms with E-state index in [-0.39, 0.29) is 10.6 Å². The molecule has 4 rings (SSSR count). The Morgan fingerprint density at radius 3 is 2.68 bits per heavy atom. The van der Waals surface area contributed by atoms with E-state index in [4.69, 9.17) is 0 Å². The second-order valence-corrected chi connectivity index (χ2v) is 5.98. The lowest BCUT2D eigenvalue weighted by Gasteiger charge is -2.01. The van der Waals surface area contributed by atoms with Gasteiger partial charge in [-0.3, -0.25) is 14.5 Å². The number of imidazole rings is 1. The van der Waals surface area contributed by atoms with E-state index in [1.807, 2.05) is 12.3 Å². The number of nitrogens with zero attached hydrogens (tertiary/aromatic N) is 3. The molecule has 22 heavy (non-hydrogen) atoms. The van der Waals surface area contributed by atoms with Crippen molar-refractivity contribution in [2.24, 2.45) is 0 Å². The van der Waals surface area contributed by atoms with Gasteiger partial charge in [-0.25, -0.2) is 4.98 Å². The van der Waals surface area contributed by atoms with Crippen LogP contribution in [-0.4, -0.2) is 14.3 Å². The molecule has 0 aliphatic rings. The molecular weight excluding hydrogens is 298 g/mol. The molecule has 0 bridgehead atoms. The number of nitro groups is 1. The fraction of sp³-hybridized carbons (Fsp3) is 0.0625. The van der Waals surface area contributed by atoms with Crippen LogP contribution in [0.5, 0.6) is 0 Å². The normalized spacial score (nSPS) is 11.3. The minimum absolute atomic E-state index is 0.0985. The van der Waals surface area contributed by atoms with Crippen LogP contribution < -0.4 is 0 Å². The highest BCUT2D eigenvalue weighted by atomic mass is 32.1. The van der Waals surface area contributed by atoms with Crippen LogP contribution in [0.4, 0.5) is 5.69 Å². The fourth-order valence-corrected chi connectivity index (χ4v) is 3.50. The molecule has 0 spiro atoms. The van der Waals surface area contributed by atoms with Crippen molar-refractivity contribution in [2.75, 3.05) is 0 Å². The van der Waals surface area contributed by atoms with E-state index in [9.17, 15) is 10.1 Å². The van der Waals surface area contributed by atoms with Crippen molar-refractivity contribution in [3.63, 3.8) is 0 Å². The lowest BCUT2D eigenvalue weighted by Crippen LogP contribution is -1.89. The van der Waals surface area contributed by atoms with Crippen LogP contribution in [-0.2, 0) is 0 Å². The number of hydrogen-bond donors (Lipinski definition) is 0. The number of hydrogen-bond acceptors (Lipinski definition) is 4. The molecule has 2 aromatic carbocycles. The highest BCUT2D eigenvalue weighted by Gasteiger charge is 2.13. The largest absolute Gasteiger partial charge is 0.283 e. The Labute approximate surface area is 129 Å². The third-order valence-electron chi connectivity index (χ3n) is 3.67. The van der Waals surface area contributed by atoms with Crippen molar-refractivity contribution in [2.45, 2.75) is 6.92 Å². The average Bonchev–Trinajstić information content (AvgIpc) is 3.05. The SMILES string of the molecule is Cc1ccc2c(c1)nc1scc(-c3ccc([N+](=O)[O-])cc3)n12. The topological polar surface area (TPSA) is 60.4 Å². The van der Waals surface area contributed by atoms with E-state index >= 15 is 0 Å². The van der Waals surface area contributed by atoms with Crippen molar-refractivity contribution < 1.29 is 4.92 Å². The van der Waals surface area contributed by atoms with Crippen molar-refractivity contribution in [1.29, 1.82) is 0 Å². The van der Waals surface area contributed by atoms with Crippen LogP contribution in [0.2, 0.25) is 0 Å². The van der Waals surface area contributed by atoms with E-state index < -0.39 is 0 Å². The van der Waals surface area contributed by atoms with Crippen LogP contribution in [0.15, 0.2) is 47.8 Å². The number of nitro benzene ring substituents is 1. The van der Waals surface area contributed by atoms with Crippen LogP contribution >= 0.6 is 11.3 Å². The maximum Gasteiger partial charge on any atom is 0.269 e. The molecule has 6 heteroatoms. The first-order valence-electron chi connectivity index (χ1n) is 6.74. The second-order valence-electron chi connectivity index (χ2n) is 5.15. The Morgan fingerprint density at radius 2 is 1.95 bits per heavy atom. The van der Waals surface area contributed by atoms with Gasteiger partial charge in [-0.2, -0.15) is 0 Å². The lowest BCUT2D eigenvalue weighted by atomic mass is 10.1. The molecule has 0 saturated heterocycles. The molecule has 2 aromatic heterocycles. The third-order valence-corrected chi connectivity index (χ3v) is 4.50. The summed E-state index contributed by atoms with van der Waals surface area (Å²) in [6, 6.07) is 12.8. The molecular formula is C16H11N3O2S. The van der Waals surface area contributed by atoms with Gasteiger partial charge in [-0.1, -0.05) is 6.07 Å². The van der Waals surface area contributed by atoms with Gasteiger partial charge in [-0.15, -0.1) is 11.3 Å². The monoisotopic (exact) mass is 309 g/mol. The minimum atomic E-state index is -0.387. The molecule has 2 heterocycles. The number of aryl methyl sites for hydroxylation is 1. The van der Waals surface area contributed by atoms with Crippen molar-refractivity contribution in [3.05, 3.63) is 63.5 Å². The molecule has 108 valence electrons. The fourth-order valence-electron chi connectivity index (χ4n) is 2.59. The summed E-state index contributed by atoms with van der Waals surface area (Å²) < 4.78 is 2.10. The number of thiazole rings is 1. The quantitative estimate of drug-likeness (QED) is 0.406. The first kappa shape index (κ1) is 13.0. The van der Waals surface area contributed by atoms with Crippen LogP contribution in [0.1, 0.15) is 5.56 Å². The maximum atomic E-state index is 10.8. The first-order chi connectivity index (χ1) is 10.6. The molecule has 4 aromatic rings. The van der Waals surface area contributed by atoms with Gasteiger partial charge < -0.3 is 0 Å². The predicted molar refractivity (Wildman–Crippen MR) is 87.4 cm³/mol. The van der Waals surface area contributed by atoms with Gasteiger partial charge in [0.1, 0.15) is 0 Å². The Bertz CT molecular complexity index is 1020. The zero-order valence-electron chi connectivity index (χ0n) is 11.7. The van der Waals surface area contributed by atoms with Gasteiger partial charge in [0.15, 0.2) is 4.96 Å². The van der Waals surface area contributed by atoms with Gasteiger partial charge in [0.25, 0.3) is 5.69 Å². The van der Waals surface area contributed by atoms with Crippen LogP contribution in [0, 0.1) is 17.0 Å². The number of fused-ring (bicyclic) bond motifs is 3. The van der Waals surface area contributed by atoms with E-state index in [0.717, 1.165) is 27.3 Å². The van der Waals surface area contributed by atoms with Crippen molar-refractivity contribution in [1.82, 2.24) is 9.38 Å². The first-order valence-corrected chi connectivity index (χ1v) is 7.62. The van der Waals surface area contributed by atoms with Crippen molar-refractivity contribution >= 4 is 33.0 Å². The molecule has 0 radical (unpaired) electrons. The van der Waals surface area contributed by atoms with Gasteiger partial charge in [0.05, 0.1) is 21.7 Å². The summed E-state index contributed by atoms with van der Waals surface area (Å²) >= 11 is 1.57. The standard InChI is InChI=1S/C16H11N3O2S/c1-10-2-7-14-13(8-10)17-16-18(14)15(9-22-16)11-3-5-12(6-4-11)19(20)21/h2-9H,1H3. The summed E-state index contributed by atoms with van der Waals surface area (Å²) in [7, 11) is 0. The Kier molecular flexibility index (Phi) is 2.74. The third kappa shape index (κ3) is 1.88. The molecule has 0 N–H and O–H groups in total. The summed E-state index contributed by atoms with van der Waals surface area (Å²) in [4.78, 5) is 15.9. The summed E-state index contributed by atoms with van der Waals surface area (Å²) in [6.07, 6.45) is 0. The maximum absolute atomic E-state index is 10.8. The molecule has 0 amide bonds. The highest BCUT2D eigenvalue weighted by molar-refractivity contribution is 7.15. The van der Waals surface area contributed by atoms with E-state index in [1.54, 1.807) is 23.5 Å². The molecule has 5 nitrogen and oxygen atoms in total. The Morgan fingerprint density at radius 1 is 1.18 bits per heavy atom. The summed E-state index contributed by atoms with van der Waals surface area (Å²) in [5.41, 5.74) is 5.24. The second kappa shape index (κ2) is 4.64. The Balaban J connectivity index is 1.94. The van der Waals surface area contributed by atoms with E-state index in [0.29, 0.717) is 0 Å². The molecule has 0 aliphatic carbocycles. The van der Waals surface area contributed by atoms with Gasteiger partial charge in [0, 0.05) is 17.5 Å². The van der Waals surface area contributed by atoms with Crippen molar-refractivity contribution in [3.8, 4) is 11.3 Å². The van der Waals surface area contributed by atoms with Gasteiger partial charge in [-0.05, 0) is 42.3 Å². The minimum Gasteiger partial charge on any atom is -0.283 e. The van der Waals surface area contributed by atoms with E-state index in [2.05, 4.69) is 27.6 Å². The van der Waals surface area contributed by atoms with E-state index in [1.165, 1.54) is 17.7 Å². The lowest BCUT2D eigenvalue weighted by molar-refractivity contribution is -0.384. The van der Waals surface area contributed by atoms with Gasteiger partial charge in [0.2, 0.25) is 0 Å². The molecule has 0 aliphatic heterocycles. The zero-order chi connectivity index (χ0) is 15.3. The summed E-state index contributed by atoms with van der Waals surface area (Å²) in [5, 5.41) is 12.8. The molecule has 0 saturated carbocycles. The predicted octanol–water partition coefficient (Wildman–Crippen LogP) is 4.43. The average molecular weight is 309 g/mol. The van der Waals surface area contributed by atoms with Crippen LogP contribution in [0.25, 0.3) is 27.3 Å². The van der Waals surface area contributed by atoms with Crippen LogP contribution in [0.3, 0.4) is 0 Å². The number of non-ortho nitro benzene ring substituents is 1. The molecule has 0 unspecified atom stereocenters. The highest BCUT2D eigenvalue weighted by Crippen LogP contribution is 2.31. The Hall–Kier alpha value is -2.73. The molecule has 0 fully saturated rings. The number of aromatic nitrogens is 2. The molecule has 0 atom stereocenters. The smallest absolute Gasteiger partial charge is 0.269 e. The zero-order valence-corrected chi connectivity index (χ0v) is 12.5. The van der Waals surface area contributed by atoms with Gasteiger partial charge >= 0.3 is 0 Å². The summed E-state index contributed by atoms with van der Waals surface area (Å²) in [5.74, 6) is 0.